The summed E-state index contributed by atoms with van der Waals surface area (Å²) in [6, 6.07) is 1.58. The number of rotatable bonds is 6. The molecule has 0 spiro atoms. The Balaban J connectivity index is 2.55. The highest BCUT2D eigenvalue weighted by atomic mass is 32.1. The van der Waals surface area contributed by atoms with Gasteiger partial charge in [-0.2, -0.15) is 5.10 Å². The highest BCUT2D eigenvalue weighted by Crippen LogP contribution is 2.04. The second-order valence-electron chi connectivity index (χ2n) is 4.09. The Hall–Kier alpha value is -1.43. The molecule has 0 bridgehead atoms. The normalized spacial score (nSPS) is 10.2. The highest BCUT2D eigenvalue weighted by Gasteiger charge is 2.01. The lowest BCUT2D eigenvalue weighted by Gasteiger charge is -2.12. The second kappa shape index (κ2) is 6.34. The molecule has 0 aliphatic heterocycles. The molecule has 0 fully saturated rings. The predicted molar refractivity (Wildman–Crippen MR) is 73.5 cm³/mol. The van der Waals surface area contributed by atoms with Crippen LogP contribution in [0.15, 0.2) is 17.1 Å². The molecule has 1 rings (SSSR count). The van der Waals surface area contributed by atoms with Crippen molar-refractivity contribution in [2.45, 2.75) is 25.8 Å². The van der Waals surface area contributed by atoms with Gasteiger partial charge < -0.3 is 10.6 Å². The summed E-state index contributed by atoms with van der Waals surface area (Å²) < 4.78 is 1.46. The molecule has 0 saturated heterocycles. The minimum absolute atomic E-state index is 0.0773. The van der Waals surface area contributed by atoms with E-state index in [1.54, 1.807) is 12.3 Å². The van der Waals surface area contributed by atoms with Crippen LogP contribution in [0.25, 0.3) is 0 Å². The number of thiocarbonyl (C=S) groups is 1. The molecule has 0 saturated carbocycles. The third-order valence-electron chi connectivity index (χ3n) is 2.41. The molecule has 0 atom stereocenters. The van der Waals surface area contributed by atoms with Crippen LogP contribution in [0.4, 0.5) is 5.69 Å². The summed E-state index contributed by atoms with van der Waals surface area (Å²) >= 11 is 4.79. The van der Waals surface area contributed by atoms with Crippen LogP contribution in [0.1, 0.15) is 19.3 Å². The largest absolute Gasteiger partial charge is 0.393 e. The molecule has 1 heterocycles. The Morgan fingerprint density at radius 1 is 1.53 bits per heavy atom. The summed E-state index contributed by atoms with van der Waals surface area (Å²) in [5, 5.41) is 4.11. The van der Waals surface area contributed by atoms with E-state index in [0.717, 1.165) is 24.9 Å². The van der Waals surface area contributed by atoms with E-state index < -0.39 is 0 Å². The predicted octanol–water partition coefficient (Wildman–Crippen LogP) is 0.766. The first-order chi connectivity index (χ1) is 8.00. The van der Waals surface area contributed by atoms with Crippen LogP contribution in [0.2, 0.25) is 0 Å². The SMILES string of the molecule is CN(C)c1cnn(CCCCC(N)=S)c(=O)c1. The maximum atomic E-state index is 11.7. The number of nitrogens with two attached hydrogens (primary N) is 1. The Kier molecular flexibility index (Phi) is 5.09. The Labute approximate surface area is 106 Å². The first kappa shape index (κ1) is 13.6. The van der Waals surface area contributed by atoms with Gasteiger partial charge in [0.25, 0.3) is 5.56 Å². The summed E-state index contributed by atoms with van der Waals surface area (Å²) in [6.45, 7) is 0.606. The van der Waals surface area contributed by atoms with E-state index in [0.29, 0.717) is 11.5 Å². The molecule has 94 valence electrons. The Morgan fingerprint density at radius 2 is 2.24 bits per heavy atom. The van der Waals surface area contributed by atoms with Crippen LogP contribution in [0.5, 0.6) is 0 Å². The zero-order valence-electron chi connectivity index (χ0n) is 10.2. The highest BCUT2D eigenvalue weighted by molar-refractivity contribution is 7.80. The topological polar surface area (TPSA) is 64.2 Å². The van der Waals surface area contributed by atoms with Crippen LogP contribution < -0.4 is 16.2 Å². The average molecular weight is 254 g/mol. The van der Waals surface area contributed by atoms with Crippen LogP contribution in [-0.4, -0.2) is 28.9 Å². The lowest BCUT2D eigenvalue weighted by molar-refractivity contribution is 0.537. The lowest BCUT2D eigenvalue weighted by Crippen LogP contribution is -2.24. The van der Waals surface area contributed by atoms with Crippen molar-refractivity contribution in [3.05, 3.63) is 22.6 Å². The number of unbranched alkanes of at least 4 members (excludes halogenated alkanes) is 1. The van der Waals surface area contributed by atoms with Crippen LogP contribution in [0, 0.1) is 0 Å². The van der Waals surface area contributed by atoms with Gasteiger partial charge in [-0.1, -0.05) is 12.2 Å². The van der Waals surface area contributed by atoms with Crippen molar-refractivity contribution in [2.75, 3.05) is 19.0 Å². The van der Waals surface area contributed by atoms with E-state index >= 15 is 0 Å². The zero-order chi connectivity index (χ0) is 12.8. The Bertz CT molecular complexity index is 441. The van der Waals surface area contributed by atoms with Crippen molar-refractivity contribution in [1.82, 2.24) is 9.78 Å². The minimum Gasteiger partial charge on any atom is -0.393 e. The van der Waals surface area contributed by atoms with Gasteiger partial charge in [0.1, 0.15) is 0 Å². The summed E-state index contributed by atoms with van der Waals surface area (Å²) in [6.07, 6.45) is 4.15. The van der Waals surface area contributed by atoms with Gasteiger partial charge >= 0.3 is 0 Å². The fraction of sp³-hybridized carbons (Fsp3) is 0.545. The smallest absolute Gasteiger partial charge is 0.268 e. The number of hydrogen-bond acceptors (Lipinski definition) is 4. The fourth-order valence-corrected chi connectivity index (χ4v) is 1.54. The van der Waals surface area contributed by atoms with Crippen LogP contribution >= 0.6 is 12.2 Å². The standard InChI is InChI=1S/C11H18N4OS/c1-14(2)9-7-11(16)15(13-8-9)6-4-3-5-10(12)17/h7-8H,3-6H2,1-2H3,(H2,12,17). The number of aryl methyl sites for hydroxylation is 1. The van der Waals surface area contributed by atoms with Gasteiger partial charge in [-0.15, -0.1) is 0 Å². The molecule has 1 aromatic rings. The van der Waals surface area contributed by atoms with Crippen molar-refractivity contribution >= 4 is 22.9 Å². The lowest BCUT2D eigenvalue weighted by atomic mass is 10.2. The van der Waals surface area contributed by atoms with Gasteiger partial charge in [0.15, 0.2) is 0 Å². The second-order valence-corrected chi connectivity index (χ2v) is 4.62. The molecule has 5 nitrogen and oxygen atoms in total. The maximum Gasteiger partial charge on any atom is 0.268 e. The summed E-state index contributed by atoms with van der Waals surface area (Å²) in [4.78, 5) is 14.1. The van der Waals surface area contributed by atoms with E-state index in [4.69, 9.17) is 18.0 Å². The van der Waals surface area contributed by atoms with Crippen molar-refractivity contribution in [3.63, 3.8) is 0 Å². The molecule has 0 aliphatic rings. The van der Waals surface area contributed by atoms with Gasteiger partial charge in [0, 0.05) is 26.7 Å². The first-order valence-corrected chi connectivity index (χ1v) is 5.94. The van der Waals surface area contributed by atoms with Crippen molar-refractivity contribution in [1.29, 1.82) is 0 Å². The van der Waals surface area contributed by atoms with Gasteiger partial charge in [-0.25, -0.2) is 4.68 Å². The van der Waals surface area contributed by atoms with E-state index in [-0.39, 0.29) is 5.56 Å². The van der Waals surface area contributed by atoms with Gasteiger partial charge in [-0.05, 0) is 19.3 Å². The molecule has 17 heavy (non-hydrogen) atoms. The van der Waals surface area contributed by atoms with Crippen molar-refractivity contribution in [2.24, 2.45) is 5.73 Å². The third kappa shape index (κ3) is 4.52. The van der Waals surface area contributed by atoms with E-state index in [1.807, 2.05) is 19.0 Å². The van der Waals surface area contributed by atoms with Crippen LogP contribution in [0.3, 0.4) is 0 Å². The Morgan fingerprint density at radius 3 is 2.76 bits per heavy atom. The molecule has 1 aromatic heterocycles. The quantitative estimate of drug-likeness (QED) is 0.600. The molecule has 6 heteroatoms. The molecule has 0 unspecified atom stereocenters. The maximum absolute atomic E-state index is 11.7. The average Bonchev–Trinajstić information content (AvgIpc) is 2.25. The summed E-state index contributed by atoms with van der Waals surface area (Å²) in [5.74, 6) is 0. The minimum atomic E-state index is -0.0773. The fourth-order valence-electron chi connectivity index (χ4n) is 1.40. The number of nitrogens with zero attached hydrogens (tertiary/aromatic N) is 3. The number of hydrogen-bond donors (Lipinski definition) is 1. The monoisotopic (exact) mass is 254 g/mol. The molecule has 0 aliphatic carbocycles. The van der Waals surface area contributed by atoms with E-state index in [2.05, 4.69) is 5.10 Å². The van der Waals surface area contributed by atoms with E-state index in [1.165, 1.54) is 4.68 Å². The van der Waals surface area contributed by atoms with Gasteiger partial charge in [-0.3, -0.25) is 4.79 Å². The molecular weight excluding hydrogens is 236 g/mol. The molecule has 2 N–H and O–H groups in total. The number of anilines is 1. The molecule has 0 radical (unpaired) electrons. The van der Waals surface area contributed by atoms with Gasteiger partial charge in [0.05, 0.1) is 16.9 Å². The van der Waals surface area contributed by atoms with E-state index in [9.17, 15) is 4.79 Å². The summed E-state index contributed by atoms with van der Waals surface area (Å²) in [5.41, 5.74) is 6.13. The zero-order valence-corrected chi connectivity index (χ0v) is 11.0. The first-order valence-electron chi connectivity index (χ1n) is 5.53. The van der Waals surface area contributed by atoms with Crippen molar-refractivity contribution < 1.29 is 0 Å². The molecule has 0 amide bonds. The number of aromatic nitrogens is 2. The van der Waals surface area contributed by atoms with Crippen LogP contribution in [-0.2, 0) is 6.54 Å². The van der Waals surface area contributed by atoms with Gasteiger partial charge in [0.2, 0.25) is 0 Å². The third-order valence-corrected chi connectivity index (χ3v) is 2.62. The summed E-state index contributed by atoms with van der Waals surface area (Å²) in [7, 11) is 3.76. The molecule has 0 aromatic carbocycles. The van der Waals surface area contributed by atoms with Crippen molar-refractivity contribution in [3.8, 4) is 0 Å². The molecular formula is C11H18N4OS.